The van der Waals surface area contributed by atoms with Crippen molar-refractivity contribution in [2.75, 3.05) is 23.7 Å². The SMILES string of the molecule is Cc1cccc(N(CCCC(=O)N(Cc2ccccc2F)[C@@H](C)C(=O)NCC(C)C)S(C)(=O)=O)c1. The molecule has 0 aliphatic carbocycles. The number of carbonyl (C=O) groups excluding carboxylic acids is 2. The van der Waals surface area contributed by atoms with Crippen LogP contribution in [-0.4, -0.2) is 50.5 Å². The quantitative estimate of drug-likeness (QED) is 0.475. The van der Waals surface area contributed by atoms with Gasteiger partial charge in [-0.15, -0.1) is 0 Å². The summed E-state index contributed by atoms with van der Waals surface area (Å²) in [4.78, 5) is 27.3. The van der Waals surface area contributed by atoms with Crippen molar-refractivity contribution >= 4 is 27.5 Å². The maximum atomic E-state index is 14.3. The van der Waals surface area contributed by atoms with Crippen molar-refractivity contribution < 1.29 is 22.4 Å². The molecule has 0 heterocycles. The Morgan fingerprint density at radius 2 is 1.74 bits per heavy atom. The van der Waals surface area contributed by atoms with E-state index in [1.807, 2.05) is 26.8 Å². The van der Waals surface area contributed by atoms with E-state index in [4.69, 9.17) is 0 Å². The number of hydrogen-bond donors (Lipinski definition) is 1. The first kappa shape index (κ1) is 28.3. The lowest BCUT2D eigenvalue weighted by molar-refractivity contribution is -0.140. The summed E-state index contributed by atoms with van der Waals surface area (Å²) in [5.41, 5.74) is 1.76. The Morgan fingerprint density at radius 3 is 2.34 bits per heavy atom. The fourth-order valence-corrected chi connectivity index (χ4v) is 4.59. The van der Waals surface area contributed by atoms with E-state index in [0.29, 0.717) is 17.8 Å². The zero-order chi connectivity index (χ0) is 26.2. The second-order valence-electron chi connectivity index (χ2n) is 9.21. The van der Waals surface area contributed by atoms with Crippen LogP contribution in [0.2, 0.25) is 0 Å². The molecule has 0 radical (unpaired) electrons. The van der Waals surface area contributed by atoms with Crippen molar-refractivity contribution in [2.24, 2.45) is 5.92 Å². The fraction of sp³-hybridized carbons (Fsp3) is 0.462. The summed E-state index contributed by atoms with van der Waals surface area (Å²) in [6, 6.07) is 12.5. The molecule has 0 fully saturated rings. The molecule has 0 aliphatic heterocycles. The number of halogens is 1. The maximum absolute atomic E-state index is 14.3. The normalized spacial score (nSPS) is 12.3. The molecule has 0 saturated carbocycles. The minimum Gasteiger partial charge on any atom is -0.354 e. The van der Waals surface area contributed by atoms with Gasteiger partial charge in [-0.05, 0) is 49.9 Å². The molecule has 0 aliphatic rings. The number of benzene rings is 2. The van der Waals surface area contributed by atoms with Gasteiger partial charge in [-0.25, -0.2) is 12.8 Å². The molecule has 7 nitrogen and oxygen atoms in total. The molecule has 35 heavy (non-hydrogen) atoms. The molecule has 0 spiro atoms. The Morgan fingerprint density at radius 1 is 1.06 bits per heavy atom. The molecule has 1 atom stereocenters. The minimum atomic E-state index is -3.56. The highest BCUT2D eigenvalue weighted by Gasteiger charge is 2.27. The molecule has 0 aromatic heterocycles. The van der Waals surface area contributed by atoms with Gasteiger partial charge in [0, 0.05) is 31.6 Å². The Kier molecular flexibility index (Phi) is 10.2. The van der Waals surface area contributed by atoms with Gasteiger partial charge in [0.25, 0.3) is 0 Å². The third kappa shape index (κ3) is 8.65. The van der Waals surface area contributed by atoms with E-state index >= 15 is 0 Å². The summed E-state index contributed by atoms with van der Waals surface area (Å²) >= 11 is 0. The topological polar surface area (TPSA) is 86.8 Å². The van der Waals surface area contributed by atoms with Gasteiger partial charge in [-0.2, -0.15) is 0 Å². The molecular weight excluding hydrogens is 469 g/mol. The molecular formula is C26H36FN3O4S. The predicted molar refractivity (Wildman–Crippen MR) is 137 cm³/mol. The van der Waals surface area contributed by atoms with Crippen LogP contribution in [0.25, 0.3) is 0 Å². The summed E-state index contributed by atoms with van der Waals surface area (Å²) in [7, 11) is -3.56. The highest BCUT2D eigenvalue weighted by atomic mass is 32.2. The predicted octanol–water partition coefficient (Wildman–Crippen LogP) is 3.87. The van der Waals surface area contributed by atoms with Gasteiger partial charge in [-0.3, -0.25) is 13.9 Å². The third-order valence-corrected chi connectivity index (χ3v) is 6.79. The van der Waals surface area contributed by atoms with E-state index in [2.05, 4.69) is 5.32 Å². The maximum Gasteiger partial charge on any atom is 0.242 e. The first-order valence-corrected chi connectivity index (χ1v) is 13.6. The smallest absolute Gasteiger partial charge is 0.242 e. The van der Waals surface area contributed by atoms with Crippen molar-refractivity contribution in [3.8, 4) is 0 Å². The number of sulfonamides is 1. The molecule has 2 aromatic rings. The average Bonchev–Trinajstić information content (AvgIpc) is 2.78. The van der Waals surface area contributed by atoms with Crippen LogP contribution in [0, 0.1) is 18.7 Å². The fourth-order valence-electron chi connectivity index (χ4n) is 3.63. The molecule has 0 saturated heterocycles. The number of amides is 2. The van der Waals surface area contributed by atoms with Crippen LogP contribution in [0.3, 0.4) is 0 Å². The van der Waals surface area contributed by atoms with Crippen LogP contribution in [0.15, 0.2) is 48.5 Å². The van der Waals surface area contributed by atoms with Crippen molar-refractivity contribution in [1.29, 1.82) is 0 Å². The Labute approximate surface area is 208 Å². The molecule has 2 rings (SSSR count). The van der Waals surface area contributed by atoms with Crippen LogP contribution in [0.4, 0.5) is 10.1 Å². The van der Waals surface area contributed by atoms with E-state index in [0.717, 1.165) is 11.8 Å². The Balaban J connectivity index is 2.17. The van der Waals surface area contributed by atoms with E-state index in [1.165, 1.54) is 15.3 Å². The number of carbonyl (C=O) groups is 2. The molecule has 2 amide bonds. The number of rotatable bonds is 12. The van der Waals surface area contributed by atoms with Crippen molar-refractivity contribution in [3.63, 3.8) is 0 Å². The molecule has 192 valence electrons. The zero-order valence-corrected chi connectivity index (χ0v) is 21.9. The van der Waals surface area contributed by atoms with Crippen LogP contribution in [0.5, 0.6) is 0 Å². The van der Waals surface area contributed by atoms with E-state index in [-0.39, 0.29) is 43.7 Å². The Hall–Kier alpha value is -2.94. The van der Waals surface area contributed by atoms with Crippen molar-refractivity contribution in [3.05, 3.63) is 65.5 Å². The molecule has 9 heteroatoms. The van der Waals surface area contributed by atoms with Crippen molar-refractivity contribution in [2.45, 2.75) is 53.1 Å². The van der Waals surface area contributed by atoms with Gasteiger partial charge in [0.1, 0.15) is 11.9 Å². The lowest BCUT2D eigenvalue weighted by atomic mass is 10.1. The monoisotopic (exact) mass is 505 g/mol. The second kappa shape index (κ2) is 12.7. The largest absolute Gasteiger partial charge is 0.354 e. The van der Waals surface area contributed by atoms with E-state index in [9.17, 15) is 22.4 Å². The van der Waals surface area contributed by atoms with Crippen LogP contribution >= 0.6 is 0 Å². The molecule has 2 aromatic carbocycles. The van der Waals surface area contributed by atoms with E-state index in [1.54, 1.807) is 43.3 Å². The van der Waals surface area contributed by atoms with E-state index < -0.39 is 21.9 Å². The van der Waals surface area contributed by atoms with Gasteiger partial charge in [0.15, 0.2) is 0 Å². The van der Waals surface area contributed by atoms with Crippen LogP contribution in [0.1, 0.15) is 44.7 Å². The summed E-state index contributed by atoms with van der Waals surface area (Å²) in [6.07, 6.45) is 1.38. The second-order valence-corrected chi connectivity index (χ2v) is 11.1. The van der Waals surface area contributed by atoms with Gasteiger partial charge in [-0.1, -0.05) is 44.2 Å². The molecule has 0 bridgehead atoms. The zero-order valence-electron chi connectivity index (χ0n) is 21.1. The molecule has 1 N–H and O–H groups in total. The summed E-state index contributed by atoms with van der Waals surface area (Å²) < 4.78 is 40.4. The van der Waals surface area contributed by atoms with Crippen LogP contribution < -0.4 is 9.62 Å². The number of nitrogens with zero attached hydrogens (tertiary/aromatic N) is 2. The number of aryl methyl sites for hydroxylation is 1. The number of hydrogen-bond acceptors (Lipinski definition) is 4. The average molecular weight is 506 g/mol. The lowest BCUT2D eigenvalue weighted by Gasteiger charge is -2.30. The van der Waals surface area contributed by atoms with Gasteiger partial charge >= 0.3 is 0 Å². The van der Waals surface area contributed by atoms with Gasteiger partial charge in [0.2, 0.25) is 21.8 Å². The highest BCUT2D eigenvalue weighted by molar-refractivity contribution is 7.92. The van der Waals surface area contributed by atoms with Gasteiger partial charge in [0.05, 0.1) is 11.9 Å². The minimum absolute atomic E-state index is 0.00802. The number of nitrogens with one attached hydrogen (secondary N) is 1. The van der Waals surface area contributed by atoms with Gasteiger partial charge < -0.3 is 10.2 Å². The third-order valence-electron chi connectivity index (χ3n) is 5.59. The first-order valence-electron chi connectivity index (χ1n) is 11.7. The first-order chi connectivity index (χ1) is 16.4. The summed E-state index contributed by atoms with van der Waals surface area (Å²) in [6.45, 7) is 7.93. The lowest BCUT2D eigenvalue weighted by Crippen LogP contribution is -2.48. The number of anilines is 1. The van der Waals surface area contributed by atoms with Crippen molar-refractivity contribution in [1.82, 2.24) is 10.2 Å². The molecule has 0 unspecified atom stereocenters. The summed E-state index contributed by atoms with van der Waals surface area (Å²) in [5, 5.41) is 2.82. The highest BCUT2D eigenvalue weighted by Crippen LogP contribution is 2.20. The van der Waals surface area contributed by atoms with Crippen LogP contribution in [-0.2, 0) is 26.2 Å². The summed E-state index contributed by atoms with van der Waals surface area (Å²) in [5.74, 6) is -0.882. The Bertz CT molecular complexity index is 1120. The standard InChI is InChI=1S/C26H36FN3O4S/c1-19(2)17-28-26(32)21(4)29(18-22-11-6-7-13-24(22)27)25(31)14-9-15-30(35(5,33)34)23-12-8-10-20(3)16-23/h6-8,10-13,16,19,21H,9,14-15,17-18H2,1-5H3,(H,28,32)/t21-/m0/s1.